The van der Waals surface area contributed by atoms with Gasteiger partial charge in [0.15, 0.2) is 0 Å². The summed E-state index contributed by atoms with van der Waals surface area (Å²) in [7, 11) is 1.36. The van der Waals surface area contributed by atoms with E-state index in [1.165, 1.54) is 7.11 Å². The molecule has 0 heterocycles. The van der Waals surface area contributed by atoms with Crippen LogP contribution in [0.25, 0.3) is 0 Å². The third-order valence-electron chi connectivity index (χ3n) is 2.31. The van der Waals surface area contributed by atoms with Gasteiger partial charge in [0.2, 0.25) is 0 Å². The van der Waals surface area contributed by atoms with Crippen LogP contribution in [0.5, 0.6) is 5.75 Å². The monoisotopic (exact) mass is 256 g/mol. The highest BCUT2D eigenvalue weighted by molar-refractivity contribution is 6.21. The number of esters is 1. The van der Waals surface area contributed by atoms with Crippen LogP contribution in [-0.2, 0) is 16.0 Å². The summed E-state index contributed by atoms with van der Waals surface area (Å²) >= 11 is 6.06. The molecule has 4 heteroatoms. The number of hydrogen-bond donors (Lipinski definition) is 0. The predicted octanol–water partition coefficient (Wildman–Crippen LogP) is 2.80. The summed E-state index contributed by atoms with van der Waals surface area (Å²) in [6.45, 7) is 2.60. The molecule has 1 aromatic carbocycles. The molecule has 17 heavy (non-hydrogen) atoms. The molecule has 0 fully saturated rings. The van der Waals surface area contributed by atoms with Gasteiger partial charge in [-0.2, -0.15) is 0 Å². The van der Waals surface area contributed by atoms with Gasteiger partial charge in [-0.15, -0.1) is 11.6 Å². The van der Waals surface area contributed by atoms with E-state index < -0.39 is 0 Å². The quantitative estimate of drug-likeness (QED) is 0.580. The minimum Gasteiger partial charge on any atom is -0.494 e. The molecular formula is C13H17ClO3. The average Bonchev–Trinajstić information content (AvgIpc) is 2.31. The van der Waals surface area contributed by atoms with Gasteiger partial charge in [-0.1, -0.05) is 12.1 Å². The van der Waals surface area contributed by atoms with Crippen molar-refractivity contribution in [2.75, 3.05) is 13.7 Å². The second kappa shape index (κ2) is 7.17. The molecule has 1 rings (SSSR count). The highest BCUT2D eigenvalue weighted by Gasteiger charge is 2.11. The van der Waals surface area contributed by atoms with Crippen LogP contribution < -0.4 is 4.74 Å². The van der Waals surface area contributed by atoms with Crippen LogP contribution in [0.3, 0.4) is 0 Å². The summed E-state index contributed by atoms with van der Waals surface area (Å²) in [6, 6.07) is 7.72. The van der Waals surface area contributed by atoms with Gasteiger partial charge in [-0.05, 0) is 31.0 Å². The van der Waals surface area contributed by atoms with Gasteiger partial charge in [0.25, 0.3) is 0 Å². The van der Waals surface area contributed by atoms with E-state index in [1.807, 2.05) is 31.2 Å². The number of alkyl halides is 1. The van der Waals surface area contributed by atoms with Gasteiger partial charge in [0.05, 0.1) is 20.1 Å². The van der Waals surface area contributed by atoms with E-state index in [0.717, 1.165) is 11.3 Å². The van der Waals surface area contributed by atoms with E-state index in [4.69, 9.17) is 16.3 Å². The third-order valence-corrected chi connectivity index (χ3v) is 2.62. The van der Waals surface area contributed by atoms with Gasteiger partial charge in [0.1, 0.15) is 5.75 Å². The Labute approximate surface area is 107 Å². The fourth-order valence-electron chi connectivity index (χ4n) is 1.48. The molecule has 0 spiro atoms. The molecule has 1 unspecified atom stereocenters. The van der Waals surface area contributed by atoms with Gasteiger partial charge < -0.3 is 9.47 Å². The number of carbonyl (C=O) groups excluding carboxylic acids is 1. The highest BCUT2D eigenvalue weighted by Crippen LogP contribution is 2.16. The van der Waals surface area contributed by atoms with Crippen molar-refractivity contribution >= 4 is 17.6 Å². The van der Waals surface area contributed by atoms with Crippen LogP contribution in [0.2, 0.25) is 0 Å². The Morgan fingerprint density at radius 3 is 2.53 bits per heavy atom. The zero-order valence-corrected chi connectivity index (χ0v) is 10.9. The second-order valence-corrected chi connectivity index (χ2v) is 4.28. The molecule has 0 aliphatic heterocycles. The number of carbonyl (C=O) groups is 1. The molecular weight excluding hydrogens is 240 g/mol. The number of halogens is 1. The summed E-state index contributed by atoms with van der Waals surface area (Å²) < 4.78 is 9.91. The van der Waals surface area contributed by atoms with Crippen LogP contribution in [0, 0.1) is 0 Å². The van der Waals surface area contributed by atoms with E-state index in [9.17, 15) is 4.79 Å². The molecule has 3 nitrogen and oxygen atoms in total. The molecule has 0 radical (unpaired) electrons. The number of ether oxygens (including phenoxy) is 2. The largest absolute Gasteiger partial charge is 0.494 e. The zero-order chi connectivity index (χ0) is 12.7. The predicted molar refractivity (Wildman–Crippen MR) is 67.6 cm³/mol. The first-order chi connectivity index (χ1) is 8.15. The summed E-state index contributed by atoms with van der Waals surface area (Å²) in [6.07, 6.45) is 0.869. The first kappa shape index (κ1) is 13.8. The minimum absolute atomic E-state index is 0.227. The maximum absolute atomic E-state index is 11.0. The number of methoxy groups -OCH3 is 1. The molecule has 0 bridgehead atoms. The topological polar surface area (TPSA) is 35.5 Å². The maximum atomic E-state index is 11.0. The fourth-order valence-corrected chi connectivity index (χ4v) is 1.78. The SMILES string of the molecule is CCOc1ccc(CC(Cl)CC(=O)OC)cc1. The number of hydrogen-bond acceptors (Lipinski definition) is 3. The minimum atomic E-state index is -0.282. The summed E-state index contributed by atoms with van der Waals surface area (Å²) in [5.41, 5.74) is 1.08. The number of benzene rings is 1. The van der Waals surface area contributed by atoms with E-state index in [-0.39, 0.29) is 17.8 Å². The molecule has 0 aliphatic rings. The van der Waals surface area contributed by atoms with Crippen molar-refractivity contribution in [1.82, 2.24) is 0 Å². The van der Waals surface area contributed by atoms with Crippen LogP contribution in [0.15, 0.2) is 24.3 Å². The average molecular weight is 257 g/mol. The second-order valence-electron chi connectivity index (χ2n) is 3.66. The van der Waals surface area contributed by atoms with Gasteiger partial charge in [-0.3, -0.25) is 4.79 Å². The van der Waals surface area contributed by atoms with Gasteiger partial charge in [0, 0.05) is 5.38 Å². The molecule has 0 aromatic heterocycles. The van der Waals surface area contributed by atoms with Crippen molar-refractivity contribution in [3.8, 4) is 5.75 Å². The summed E-state index contributed by atoms with van der Waals surface area (Å²) in [5.74, 6) is 0.561. The van der Waals surface area contributed by atoms with Crippen LogP contribution >= 0.6 is 11.6 Å². The fraction of sp³-hybridized carbons (Fsp3) is 0.462. The Bertz CT molecular complexity index is 348. The molecule has 0 aliphatic carbocycles. The van der Waals surface area contributed by atoms with Crippen LogP contribution in [0.4, 0.5) is 0 Å². The summed E-state index contributed by atoms with van der Waals surface area (Å²) in [5, 5.41) is -0.236. The normalized spacial score (nSPS) is 11.9. The van der Waals surface area contributed by atoms with E-state index >= 15 is 0 Å². The first-order valence-corrected chi connectivity index (χ1v) is 6.02. The van der Waals surface area contributed by atoms with Crippen molar-refractivity contribution in [3.63, 3.8) is 0 Å². The molecule has 1 atom stereocenters. The lowest BCUT2D eigenvalue weighted by molar-refractivity contribution is -0.140. The lowest BCUT2D eigenvalue weighted by atomic mass is 10.1. The lowest BCUT2D eigenvalue weighted by Gasteiger charge is -2.09. The molecule has 0 saturated carbocycles. The van der Waals surface area contributed by atoms with E-state index in [2.05, 4.69) is 4.74 Å². The Hall–Kier alpha value is -1.22. The van der Waals surface area contributed by atoms with Gasteiger partial charge >= 0.3 is 5.97 Å². The van der Waals surface area contributed by atoms with Crippen LogP contribution in [-0.4, -0.2) is 25.1 Å². The van der Waals surface area contributed by atoms with Crippen LogP contribution in [0.1, 0.15) is 18.9 Å². The smallest absolute Gasteiger partial charge is 0.307 e. The van der Waals surface area contributed by atoms with E-state index in [1.54, 1.807) is 0 Å². The highest BCUT2D eigenvalue weighted by atomic mass is 35.5. The molecule has 1 aromatic rings. The Morgan fingerprint density at radius 2 is 2.00 bits per heavy atom. The van der Waals surface area contributed by atoms with E-state index in [0.29, 0.717) is 13.0 Å². The van der Waals surface area contributed by atoms with Crippen molar-refractivity contribution in [1.29, 1.82) is 0 Å². The Balaban J connectivity index is 2.48. The van der Waals surface area contributed by atoms with Gasteiger partial charge in [-0.25, -0.2) is 0 Å². The first-order valence-electron chi connectivity index (χ1n) is 5.58. The molecule has 94 valence electrons. The van der Waals surface area contributed by atoms with Crippen molar-refractivity contribution in [2.45, 2.75) is 25.1 Å². The number of rotatable bonds is 6. The van der Waals surface area contributed by atoms with Crippen molar-refractivity contribution in [3.05, 3.63) is 29.8 Å². The Morgan fingerprint density at radius 1 is 1.35 bits per heavy atom. The summed E-state index contributed by atoms with van der Waals surface area (Å²) in [4.78, 5) is 11.0. The third kappa shape index (κ3) is 5.09. The standard InChI is InChI=1S/C13H17ClO3/c1-3-17-12-6-4-10(5-7-12)8-11(14)9-13(15)16-2/h4-7,11H,3,8-9H2,1-2H3. The molecule has 0 amide bonds. The molecule has 0 saturated heterocycles. The van der Waals surface area contributed by atoms with Crippen molar-refractivity contribution in [2.24, 2.45) is 0 Å². The maximum Gasteiger partial charge on any atom is 0.307 e. The lowest BCUT2D eigenvalue weighted by Crippen LogP contribution is -2.12. The Kier molecular flexibility index (Phi) is 5.84. The van der Waals surface area contributed by atoms with Crippen molar-refractivity contribution < 1.29 is 14.3 Å². The molecule has 0 N–H and O–H groups in total. The zero-order valence-electron chi connectivity index (χ0n) is 10.1.